The van der Waals surface area contributed by atoms with Crippen molar-refractivity contribution in [3.8, 4) is 0 Å². The fourth-order valence-electron chi connectivity index (χ4n) is 3.36. The molecule has 1 heterocycles. The molecule has 2 aromatic carbocycles. The lowest BCUT2D eigenvalue weighted by molar-refractivity contribution is -0.119. The van der Waals surface area contributed by atoms with E-state index in [2.05, 4.69) is 10.0 Å². The maximum atomic E-state index is 12.7. The number of carbonyl (C=O) groups excluding carboxylic acids is 2. The highest BCUT2D eigenvalue weighted by molar-refractivity contribution is 7.92. The molecule has 1 saturated carbocycles. The Labute approximate surface area is 163 Å². The Bertz CT molecular complexity index is 1040. The zero-order valence-corrected chi connectivity index (χ0v) is 16.3. The summed E-state index contributed by atoms with van der Waals surface area (Å²) in [6, 6.07) is 11.3. The van der Waals surface area contributed by atoms with Crippen molar-refractivity contribution < 1.29 is 18.0 Å². The van der Waals surface area contributed by atoms with Crippen LogP contribution in [0.15, 0.2) is 47.4 Å². The number of nitrogens with one attached hydrogen (secondary N) is 2. The number of carbonyl (C=O) groups is 2. The molecule has 0 saturated heterocycles. The van der Waals surface area contributed by atoms with Gasteiger partial charge in [-0.1, -0.05) is 0 Å². The lowest BCUT2D eigenvalue weighted by atomic mass is 10.2. The number of hydrogen-bond acceptors (Lipinski definition) is 4. The van der Waals surface area contributed by atoms with E-state index in [1.54, 1.807) is 41.3 Å². The first-order valence-corrected chi connectivity index (χ1v) is 10.7. The lowest BCUT2D eigenvalue weighted by Gasteiger charge is -2.17. The first kappa shape index (κ1) is 18.5. The van der Waals surface area contributed by atoms with Crippen molar-refractivity contribution in [2.75, 3.05) is 21.5 Å². The molecule has 2 amide bonds. The van der Waals surface area contributed by atoms with Crippen molar-refractivity contribution in [2.45, 2.75) is 31.1 Å². The van der Waals surface area contributed by atoms with Crippen LogP contribution in [-0.4, -0.2) is 26.8 Å². The minimum Gasteiger partial charge on any atom is -0.326 e. The van der Waals surface area contributed by atoms with Gasteiger partial charge in [0.25, 0.3) is 10.0 Å². The molecule has 28 heavy (non-hydrogen) atoms. The number of amides is 2. The van der Waals surface area contributed by atoms with Gasteiger partial charge in [-0.25, -0.2) is 8.42 Å². The van der Waals surface area contributed by atoms with Crippen LogP contribution in [0.2, 0.25) is 0 Å². The third kappa shape index (κ3) is 3.73. The van der Waals surface area contributed by atoms with Crippen molar-refractivity contribution in [3.63, 3.8) is 0 Å². The maximum Gasteiger partial charge on any atom is 0.261 e. The third-order valence-corrected chi connectivity index (χ3v) is 6.29. The van der Waals surface area contributed by atoms with Gasteiger partial charge in [0, 0.05) is 36.4 Å². The normalized spacial score (nSPS) is 15.8. The van der Waals surface area contributed by atoms with Gasteiger partial charge in [0.1, 0.15) is 0 Å². The smallest absolute Gasteiger partial charge is 0.261 e. The van der Waals surface area contributed by atoms with E-state index in [0.29, 0.717) is 24.3 Å². The van der Waals surface area contributed by atoms with E-state index in [1.807, 2.05) is 0 Å². The quantitative estimate of drug-likeness (QED) is 0.808. The average Bonchev–Trinajstić information content (AvgIpc) is 3.41. The number of fused-ring (bicyclic) bond motifs is 1. The van der Waals surface area contributed by atoms with Crippen LogP contribution < -0.4 is 14.9 Å². The van der Waals surface area contributed by atoms with E-state index in [0.717, 1.165) is 24.1 Å². The Kier molecular flexibility index (Phi) is 4.58. The molecule has 8 heteroatoms. The van der Waals surface area contributed by atoms with Crippen molar-refractivity contribution in [3.05, 3.63) is 48.0 Å². The summed E-state index contributed by atoms with van der Waals surface area (Å²) in [5, 5.41) is 2.63. The molecule has 2 N–H and O–H groups in total. The highest BCUT2D eigenvalue weighted by Crippen LogP contribution is 2.37. The number of anilines is 3. The van der Waals surface area contributed by atoms with E-state index in [-0.39, 0.29) is 22.6 Å². The molecule has 0 unspecified atom stereocenters. The maximum absolute atomic E-state index is 12.7. The summed E-state index contributed by atoms with van der Waals surface area (Å²) in [6.07, 6.45) is 2.55. The van der Waals surface area contributed by atoms with Crippen LogP contribution in [-0.2, 0) is 26.0 Å². The van der Waals surface area contributed by atoms with Gasteiger partial charge in [0.15, 0.2) is 0 Å². The highest BCUT2D eigenvalue weighted by Gasteiger charge is 2.36. The summed E-state index contributed by atoms with van der Waals surface area (Å²) in [5.41, 5.74) is 2.68. The summed E-state index contributed by atoms with van der Waals surface area (Å²) in [7, 11) is -3.75. The molecule has 0 spiro atoms. The summed E-state index contributed by atoms with van der Waals surface area (Å²) < 4.78 is 28.0. The molecular weight excluding hydrogens is 378 g/mol. The topological polar surface area (TPSA) is 95.6 Å². The van der Waals surface area contributed by atoms with E-state index < -0.39 is 10.0 Å². The average molecular weight is 399 g/mol. The van der Waals surface area contributed by atoms with Crippen LogP contribution in [0.3, 0.4) is 0 Å². The first-order chi connectivity index (χ1) is 13.3. The number of hydrogen-bond donors (Lipinski definition) is 2. The third-order valence-electron chi connectivity index (χ3n) is 4.91. The Morgan fingerprint density at radius 3 is 2.36 bits per heavy atom. The van der Waals surface area contributed by atoms with Crippen LogP contribution in [0.1, 0.15) is 25.3 Å². The van der Waals surface area contributed by atoms with Crippen molar-refractivity contribution in [1.82, 2.24) is 0 Å². The van der Waals surface area contributed by atoms with E-state index >= 15 is 0 Å². The number of rotatable bonds is 5. The molecule has 4 rings (SSSR count). The SMILES string of the molecule is CC(=O)Nc1ccc(NS(=O)(=O)c2ccc3c(c2)CCN3C(=O)C2CC2)cc1. The van der Waals surface area contributed by atoms with Gasteiger partial charge in [0.2, 0.25) is 11.8 Å². The van der Waals surface area contributed by atoms with Crippen LogP contribution >= 0.6 is 0 Å². The molecule has 7 nitrogen and oxygen atoms in total. The van der Waals surface area contributed by atoms with E-state index in [4.69, 9.17) is 0 Å². The van der Waals surface area contributed by atoms with Gasteiger partial charge in [0.05, 0.1) is 4.90 Å². The standard InChI is InChI=1S/C20H21N3O4S/c1-13(24)21-16-4-6-17(7-5-16)22-28(26,27)18-8-9-19-15(12-18)10-11-23(19)20(25)14-2-3-14/h4-9,12,14,22H,2-3,10-11H2,1H3,(H,21,24). The van der Waals surface area contributed by atoms with E-state index in [1.165, 1.54) is 13.0 Å². The molecule has 0 atom stereocenters. The zero-order chi connectivity index (χ0) is 19.9. The summed E-state index contributed by atoms with van der Waals surface area (Å²) in [6.45, 7) is 2.01. The van der Waals surface area contributed by atoms with Gasteiger partial charge in [-0.15, -0.1) is 0 Å². The highest BCUT2D eigenvalue weighted by atomic mass is 32.2. The second kappa shape index (κ2) is 6.94. The number of benzene rings is 2. The molecule has 2 aromatic rings. The Morgan fingerprint density at radius 2 is 1.71 bits per heavy atom. The van der Waals surface area contributed by atoms with Crippen LogP contribution in [0.5, 0.6) is 0 Å². The second-order valence-corrected chi connectivity index (χ2v) is 8.85. The summed E-state index contributed by atoms with van der Waals surface area (Å²) in [4.78, 5) is 25.4. The molecule has 0 bridgehead atoms. The minimum atomic E-state index is -3.75. The van der Waals surface area contributed by atoms with Gasteiger partial charge >= 0.3 is 0 Å². The molecule has 2 aliphatic rings. The van der Waals surface area contributed by atoms with Gasteiger partial charge in [-0.2, -0.15) is 0 Å². The molecule has 1 aliphatic carbocycles. The Balaban J connectivity index is 1.52. The van der Waals surface area contributed by atoms with Gasteiger partial charge in [-0.05, 0) is 67.3 Å². The number of nitrogens with zero attached hydrogens (tertiary/aromatic N) is 1. The van der Waals surface area contributed by atoms with Crippen molar-refractivity contribution in [1.29, 1.82) is 0 Å². The van der Waals surface area contributed by atoms with Crippen LogP contribution in [0.25, 0.3) is 0 Å². The zero-order valence-electron chi connectivity index (χ0n) is 15.4. The lowest BCUT2D eigenvalue weighted by Crippen LogP contribution is -2.30. The van der Waals surface area contributed by atoms with Crippen LogP contribution in [0.4, 0.5) is 17.1 Å². The predicted molar refractivity (Wildman–Crippen MR) is 107 cm³/mol. The fourth-order valence-corrected chi connectivity index (χ4v) is 4.47. The summed E-state index contributed by atoms with van der Waals surface area (Å²) >= 11 is 0. The minimum absolute atomic E-state index is 0.136. The molecule has 0 radical (unpaired) electrons. The molecule has 1 aliphatic heterocycles. The largest absolute Gasteiger partial charge is 0.326 e. The first-order valence-electron chi connectivity index (χ1n) is 9.18. The van der Waals surface area contributed by atoms with Crippen molar-refractivity contribution >= 4 is 38.9 Å². The Morgan fingerprint density at radius 1 is 1.04 bits per heavy atom. The number of sulfonamides is 1. The van der Waals surface area contributed by atoms with E-state index in [9.17, 15) is 18.0 Å². The van der Waals surface area contributed by atoms with Gasteiger partial charge < -0.3 is 10.2 Å². The Hall–Kier alpha value is -2.87. The summed E-state index contributed by atoms with van der Waals surface area (Å²) in [5.74, 6) is 0.0870. The predicted octanol–water partition coefficient (Wildman–Crippen LogP) is 2.74. The fraction of sp³-hybridized carbons (Fsp3) is 0.300. The van der Waals surface area contributed by atoms with Crippen molar-refractivity contribution in [2.24, 2.45) is 5.92 Å². The molecule has 0 aromatic heterocycles. The molecule has 1 fully saturated rings. The van der Waals surface area contributed by atoms with Crippen LogP contribution in [0, 0.1) is 5.92 Å². The molecular formula is C20H21N3O4S. The second-order valence-electron chi connectivity index (χ2n) is 7.17. The van der Waals surface area contributed by atoms with Gasteiger partial charge in [-0.3, -0.25) is 14.3 Å². The molecule has 146 valence electrons. The monoisotopic (exact) mass is 399 g/mol.